The second-order valence-corrected chi connectivity index (χ2v) is 5.71. The Balaban J connectivity index is 0.00000312. The summed E-state index contributed by atoms with van der Waals surface area (Å²) in [6.07, 6.45) is -4.44. The summed E-state index contributed by atoms with van der Waals surface area (Å²) in [6, 6.07) is 6.19. The zero-order chi connectivity index (χ0) is 17.7. The summed E-state index contributed by atoms with van der Waals surface area (Å²) in [7, 11) is 0. The second-order valence-electron chi connectivity index (χ2n) is 5.71. The molecule has 9 heteroatoms. The molecule has 2 atom stereocenters. The number of alkyl halides is 3. The van der Waals surface area contributed by atoms with Crippen LogP contribution in [0.4, 0.5) is 13.2 Å². The number of nitrogens with zero attached hydrogens (tertiary/aromatic N) is 1. The Morgan fingerprint density at radius 2 is 1.84 bits per heavy atom. The van der Waals surface area contributed by atoms with Crippen molar-refractivity contribution in [1.29, 1.82) is 0 Å². The molecule has 2 rings (SSSR count). The number of ether oxygens (including phenoxy) is 2. The Kier molecular flexibility index (Phi) is 7.82. The molecule has 1 heterocycles. The van der Waals surface area contributed by atoms with Crippen molar-refractivity contribution in [2.45, 2.75) is 32.1 Å². The van der Waals surface area contributed by atoms with Gasteiger partial charge in [0.2, 0.25) is 0 Å². The van der Waals surface area contributed by atoms with Gasteiger partial charge in [0.05, 0.1) is 0 Å². The van der Waals surface area contributed by atoms with E-state index in [9.17, 15) is 18.0 Å². The first kappa shape index (κ1) is 21.4. The van der Waals surface area contributed by atoms with Crippen LogP contribution < -0.4 is 14.8 Å². The lowest BCUT2D eigenvalue weighted by molar-refractivity contribution is -0.153. The minimum atomic E-state index is -4.44. The Morgan fingerprint density at radius 3 is 2.44 bits per heavy atom. The van der Waals surface area contributed by atoms with Gasteiger partial charge in [-0.15, -0.1) is 12.4 Å². The fourth-order valence-corrected chi connectivity index (χ4v) is 2.48. The third-order valence-electron chi connectivity index (χ3n) is 3.95. The first-order chi connectivity index (χ1) is 11.3. The topological polar surface area (TPSA) is 50.8 Å². The molecular weight excluding hydrogens is 361 g/mol. The molecule has 1 fully saturated rings. The highest BCUT2D eigenvalue weighted by molar-refractivity contribution is 5.85. The fraction of sp³-hybridized carbons (Fsp3) is 0.562. The summed E-state index contributed by atoms with van der Waals surface area (Å²) >= 11 is 0. The molecule has 1 aromatic carbocycles. The van der Waals surface area contributed by atoms with Crippen LogP contribution in [0.2, 0.25) is 0 Å². The number of hydrogen-bond acceptors (Lipinski definition) is 4. The Hall–Kier alpha value is -1.67. The molecule has 2 unspecified atom stereocenters. The van der Waals surface area contributed by atoms with Crippen molar-refractivity contribution in [2.75, 3.05) is 26.3 Å². The van der Waals surface area contributed by atoms with Crippen LogP contribution in [0.5, 0.6) is 11.5 Å². The molecule has 1 saturated heterocycles. The van der Waals surface area contributed by atoms with Gasteiger partial charge in [0.1, 0.15) is 0 Å². The lowest BCUT2D eigenvalue weighted by Crippen LogP contribution is -2.58. The van der Waals surface area contributed by atoms with E-state index in [1.165, 1.54) is 12.1 Å². The van der Waals surface area contributed by atoms with E-state index in [4.69, 9.17) is 9.47 Å². The largest absolute Gasteiger partial charge is 0.480 e. The number of carbonyl (C=O) groups excluding carboxylic acids is 1. The van der Waals surface area contributed by atoms with E-state index in [0.717, 1.165) is 0 Å². The maximum absolute atomic E-state index is 12.3. The lowest BCUT2D eigenvalue weighted by Gasteiger charge is -2.38. The van der Waals surface area contributed by atoms with Crippen molar-refractivity contribution in [3.05, 3.63) is 24.3 Å². The van der Waals surface area contributed by atoms with E-state index < -0.39 is 12.8 Å². The van der Waals surface area contributed by atoms with Gasteiger partial charge in [-0.05, 0) is 26.0 Å². The number of halogens is 4. The average Bonchev–Trinajstić information content (AvgIpc) is 2.53. The van der Waals surface area contributed by atoms with Gasteiger partial charge in [-0.3, -0.25) is 4.79 Å². The van der Waals surface area contributed by atoms with Crippen LogP contribution in [0, 0.1) is 0 Å². The molecule has 0 bridgehead atoms. The normalized spacial score (nSPS) is 20.6. The number of amides is 1. The molecule has 5 nitrogen and oxygen atoms in total. The van der Waals surface area contributed by atoms with Crippen molar-refractivity contribution in [3.63, 3.8) is 0 Å². The van der Waals surface area contributed by atoms with E-state index in [1.807, 2.05) is 13.8 Å². The minimum absolute atomic E-state index is 0. The van der Waals surface area contributed by atoms with Crippen LogP contribution in [-0.2, 0) is 4.79 Å². The first-order valence-corrected chi connectivity index (χ1v) is 7.72. The lowest BCUT2D eigenvalue weighted by atomic mass is 10.1. The molecule has 1 amide bonds. The molecule has 1 aromatic rings. The van der Waals surface area contributed by atoms with E-state index in [1.54, 1.807) is 17.0 Å². The summed E-state index contributed by atoms with van der Waals surface area (Å²) in [5, 5.41) is 3.27. The van der Waals surface area contributed by atoms with Crippen LogP contribution >= 0.6 is 12.4 Å². The zero-order valence-corrected chi connectivity index (χ0v) is 14.8. The fourth-order valence-electron chi connectivity index (χ4n) is 2.48. The highest BCUT2D eigenvalue weighted by atomic mass is 35.5. The molecule has 142 valence electrons. The molecule has 0 aliphatic carbocycles. The maximum Gasteiger partial charge on any atom is 0.422 e. The number of piperazine rings is 1. The molecule has 1 N–H and O–H groups in total. The zero-order valence-electron chi connectivity index (χ0n) is 14.0. The average molecular weight is 383 g/mol. The summed E-state index contributed by atoms with van der Waals surface area (Å²) in [5.41, 5.74) is 0. The second kappa shape index (κ2) is 9.15. The number of hydrogen-bond donors (Lipinski definition) is 1. The van der Waals surface area contributed by atoms with E-state index >= 15 is 0 Å². The predicted molar refractivity (Wildman–Crippen MR) is 89.4 cm³/mol. The van der Waals surface area contributed by atoms with Crippen LogP contribution in [-0.4, -0.2) is 55.4 Å². The summed E-state index contributed by atoms with van der Waals surface area (Å²) in [5.74, 6) is -0.128. The third kappa shape index (κ3) is 6.28. The highest BCUT2D eigenvalue weighted by Gasteiger charge is 2.30. The maximum atomic E-state index is 12.3. The highest BCUT2D eigenvalue weighted by Crippen LogP contribution is 2.28. The molecule has 0 radical (unpaired) electrons. The standard InChI is InChI=1S/C16H21F3N2O3.ClH/c1-11-12(2)21(8-7-20-11)15(22)9-23-13-5-3-4-6-14(13)24-10-16(17,18)19;/h3-6,11-12,20H,7-10H2,1-2H3;1H. The Labute approximate surface area is 150 Å². The van der Waals surface area contributed by atoms with Gasteiger partial charge >= 0.3 is 6.18 Å². The number of para-hydroxylation sites is 2. The van der Waals surface area contributed by atoms with Crippen molar-refractivity contribution in [3.8, 4) is 11.5 Å². The van der Waals surface area contributed by atoms with E-state index in [2.05, 4.69) is 5.32 Å². The molecule has 1 aliphatic rings. The number of carbonyl (C=O) groups is 1. The van der Waals surface area contributed by atoms with Gasteiger partial charge in [0.25, 0.3) is 5.91 Å². The summed E-state index contributed by atoms with van der Waals surface area (Å²) in [4.78, 5) is 14.0. The van der Waals surface area contributed by atoms with Gasteiger partial charge in [-0.25, -0.2) is 0 Å². The molecule has 0 saturated carbocycles. The summed E-state index contributed by atoms with van der Waals surface area (Å²) in [6.45, 7) is 3.54. The van der Waals surface area contributed by atoms with Crippen molar-refractivity contribution >= 4 is 18.3 Å². The number of nitrogens with one attached hydrogen (secondary N) is 1. The van der Waals surface area contributed by atoms with Gasteiger partial charge < -0.3 is 19.7 Å². The SMILES string of the molecule is CC1NCCN(C(=O)COc2ccccc2OCC(F)(F)F)C1C.Cl. The molecule has 1 aliphatic heterocycles. The van der Waals surface area contributed by atoms with Crippen LogP contribution in [0.25, 0.3) is 0 Å². The molecule has 0 spiro atoms. The molecular formula is C16H22ClF3N2O3. The Morgan fingerprint density at radius 1 is 1.24 bits per heavy atom. The van der Waals surface area contributed by atoms with Crippen molar-refractivity contribution in [2.24, 2.45) is 0 Å². The number of rotatable bonds is 5. The minimum Gasteiger partial charge on any atom is -0.480 e. The van der Waals surface area contributed by atoms with Crippen LogP contribution in [0.1, 0.15) is 13.8 Å². The predicted octanol–water partition coefficient (Wildman–Crippen LogP) is 2.64. The quantitative estimate of drug-likeness (QED) is 0.850. The van der Waals surface area contributed by atoms with E-state index in [-0.39, 0.29) is 48.5 Å². The number of benzene rings is 1. The van der Waals surface area contributed by atoms with Gasteiger partial charge in [0.15, 0.2) is 24.7 Å². The molecule has 0 aromatic heterocycles. The van der Waals surface area contributed by atoms with Gasteiger partial charge in [-0.2, -0.15) is 13.2 Å². The van der Waals surface area contributed by atoms with Gasteiger partial charge in [-0.1, -0.05) is 12.1 Å². The Bertz CT molecular complexity index is 572. The smallest absolute Gasteiger partial charge is 0.422 e. The van der Waals surface area contributed by atoms with Crippen LogP contribution in [0.3, 0.4) is 0 Å². The van der Waals surface area contributed by atoms with Crippen molar-refractivity contribution < 1.29 is 27.4 Å². The molecule has 25 heavy (non-hydrogen) atoms. The van der Waals surface area contributed by atoms with Gasteiger partial charge in [0, 0.05) is 25.2 Å². The third-order valence-corrected chi connectivity index (χ3v) is 3.95. The van der Waals surface area contributed by atoms with E-state index in [0.29, 0.717) is 13.1 Å². The van der Waals surface area contributed by atoms with Crippen molar-refractivity contribution in [1.82, 2.24) is 10.2 Å². The van der Waals surface area contributed by atoms with Crippen LogP contribution in [0.15, 0.2) is 24.3 Å². The monoisotopic (exact) mass is 382 g/mol. The first-order valence-electron chi connectivity index (χ1n) is 7.72. The summed E-state index contributed by atoms with van der Waals surface area (Å²) < 4.78 is 47.0.